The Morgan fingerprint density at radius 2 is 1.70 bits per heavy atom. The van der Waals surface area contributed by atoms with E-state index < -0.39 is 20.2 Å². The maximum Gasteiger partial charge on any atom is 0.265 e. The molecule has 0 radical (unpaired) electrons. The maximum absolute atomic E-state index is 11.5. The number of ether oxygens (including phenoxy) is 1. The first kappa shape index (κ1) is 28.8. The third-order valence-electron chi connectivity index (χ3n) is 6.62. The summed E-state index contributed by atoms with van der Waals surface area (Å²) in [6, 6.07) is 18.0. The van der Waals surface area contributed by atoms with Crippen LogP contribution in [0, 0.1) is 0 Å². The third kappa shape index (κ3) is 6.61. The number of aryl methyl sites for hydroxylation is 1. The molecule has 9 nitrogen and oxygen atoms in total. The summed E-state index contributed by atoms with van der Waals surface area (Å²) in [5.74, 6) is 0.0739. The van der Waals surface area contributed by atoms with Gasteiger partial charge < -0.3 is 9.64 Å². The van der Waals surface area contributed by atoms with Crippen LogP contribution >= 0.6 is 23.1 Å². The minimum absolute atomic E-state index is 0.249. The number of benzene rings is 3. The van der Waals surface area contributed by atoms with Crippen molar-refractivity contribution in [3.63, 3.8) is 0 Å². The van der Waals surface area contributed by atoms with Gasteiger partial charge in [-0.3, -0.25) is 9.11 Å². The zero-order valence-corrected chi connectivity index (χ0v) is 25.0. The minimum atomic E-state index is -4.09. The Bertz CT molecular complexity index is 1820. The number of hydrogen-bond acceptors (Lipinski definition) is 8. The molecule has 5 rings (SSSR count). The van der Waals surface area contributed by atoms with Crippen molar-refractivity contribution in [1.29, 1.82) is 0 Å². The Morgan fingerprint density at radius 3 is 2.45 bits per heavy atom. The fourth-order valence-corrected chi connectivity index (χ4v) is 8.20. The Kier molecular flexibility index (Phi) is 8.41. The van der Waals surface area contributed by atoms with Crippen LogP contribution in [0.15, 0.2) is 64.5 Å². The lowest BCUT2D eigenvalue weighted by Gasteiger charge is -2.20. The molecule has 0 fully saturated rings. The number of aromatic nitrogens is 1. The van der Waals surface area contributed by atoms with E-state index in [1.54, 1.807) is 30.2 Å². The van der Waals surface area contributed by atoms with Crippen LogP contribution in [0.1, 0.15) is 24.3 Å². The van der Waals surface area contributed by atoms with Crippen LogP contribution in [0.4, 0.5) is 5.69 Å². The fourth-order valence-electron chi connectivity index (χ4n) is 4.81. The van der Waals surface area contributed by atoms with Gasteiger partial charge in [0.1, 0.15) is 10.4 Å². The van der Waals surface area contributed by atoms with Crippen molar-refractivity contribution in [1.82, 2.24) is 0 Å². The zero-order chi connectivity index (χ0) is 28.5. The van der Waals surface area contributed by atoms with E-state index in [0.29, 0.717) is 31.7 Å². The van der Waals surface area contributed by atoms with Crippen molar-refractivity contribution in [2.45, 2.75) is 30.7 Å². The van der Waals surface area contributed by atoms with Gasteiger partial charge in [0.05, 0.1) is 40.8 Å². The second kappa shape index (κ2) is 11.7. The molecule has 0 saturated carbocycles. The molecule has 0 amide bonds. The first-order chi connectivity index (χ1) is 19.0. The summed E-state index contributed by atoms with van der Waals surface area (Å²) in [6.07, 6.45) is 3.18. The van der Waals surface area contributed by atoms with Crippen molar-refractivity contribution in [2.24, 2.45) is 0 Å². The molecule has 3 aromatic carbocycles. The Labute approximate surface area is 241 Å². The topological polar surface area (TPSA) is 125 Å². The summed E-state index contributed by atoms with van der Waals surface area (Å²) in [5, 5.41) is 3.99. The average molecular weight is 622 g/mol. The van der Waals surface area contributed by atoms with Crippen LogP contribution in [0.2, 0.25) is 0 Å². The highest BCUT2D eigenvalue weighted by molar-refractivity contribution is 8.04. The number of fused-ring (bicyclic) bond motifs is 4. The predicted molar refractivity (Wildman–Crippen MR) is 160 cm³/mol. The van der Waals surface area contributed by atoms with Gasteiger partial charge in [-0.05, 0) is 42.5 Å². The van der Waals surface area contributed by atoms with E-state index in [2.05, 4.69) is 33.7 Å². The number of anilines is 1. The molecule has 1 aromatic heterocycles. The average Bonchev–Trinajstić information content (AvgIpc) is 3.42. The third-order valence-corrected chi connectivity index (χ3v) is 10.4. The first-order valence-corrected chi connectivity index (χ1v) is 17.5. The normalized spacial score (nSPS) is 14.9. The molecule has 0 atom stereocenters. The molecule has 0 spiro atoms. The summed E-state index contributed by atoms with van der Waals surface area (Å²) in [6.45, 7) is 0.928. The highest BCUT2D eigenvalue weighted by Gasteiger charge is 2.29. The number of hydrogen-bond donors (Lipinski definition) is 2. The van der Waals surface area contributed by atoms with Gasteiger partial charge in [-0.2, -0.15) is 21.4 Å². The molecule has 1 aliphatic rings. The second-order valence-electron chi connectivity index (χ2n) is 9.43. The lowest BCUT2D eigenvalue weighted by atomic mass is 10.1. The van der Waals surface area contributed by atoms with Crippen molar-refractivity contribution in [3.8, 4) is 5.75 Å². The molecule has 0 unspecified atom stereocenters. The molecule has 1 aliphatic heterocycles. The zero-order valence-electron chi connectivity index (χ0n) is 21.7. The molecule has 212 valence electrons. The van der Waals surface area contributed by atoms with Gasteiger partial charge in [-0.25, -0.2) is 0 Å². The van der Waals surface area contributed by atoms with Crippen LogP contribution < -0.4 is 14.2 Å². The lowest BCUT2D eigenvalue weighted by molar-refractivity contribution is -0.667. The highest BCUT2D eigenvalue weighted by atomic mass is 32.2. The number of rotatable bonds is 11. The summed E-state index contributed by atoms with van der Waals surface area (Å²) < 4.78 is 72.5. The fraction of sp³-hybridized carbons (Fsp3) is 0.296. The molecular weight excluding hydrogens is 593 g/mol. The van der Waals surface area contributed by atoms with Gasteiger partial charge in [0, 0.05) is 23.9 Å². The molecule has 40 heavy (non-hydrogen) atoms. The van der Waals surface area contributed by atoms with E-state index in [0.717, 1.165) is 41.6 Å². The molecule has 0 aliphatic carbocycles. The van der Waals surface area contributed by atoms with Gasteiger partial charge in [-0.1, -0.05) is 47.4 Å². The minimum Gasteiger partial charge on any atom is -0.497 e. The second-order valence-corrected chi connectivity index (χ2v) is 14.7. The summed E-state index contributed by atoms with van der Waals surface area (Å²) in [7, 11) is -6.52. The van der Waals surface area contributed by atoms with E-state index in [4.69, 9.17) is 9.29 Å². The largest absolute Gasteiger partial charge is 0.497 e. The summed E-state index contributed by atoms with van der Waals surface area (Å²) in [4.78, 5) is 3.16. The summed E-state index contributed by atoms with van der Waals surface area (Å²) in [5.41, 5.74) is 1.96. The molecule has 0 saturated heterocycles. The van der Waals surface area contributed by atoms with Crippen molar-refractivity contribution in [2.75, 3.05) is 30.1 Å². The standard InChI is InChI=1S/C27H28N2O7S4/c1-36-20-10-12-23-22(17-20)28(13-4-5-15-39(30,31)32)25(37-23)18-26-29(14-6-16-40(33,34)35)27-21-8-3-2-7-19(21)9-11-24(27)38-26/h2-3,7-12,17-18H,4-6,13-16H2,1H3,(H-,30,31,32,33,34,35)/p+1. The quantitative estimate of drug-likeness (QED) is 0.132. The number of unbranched alkanes of at least 4 members (excludes halogenated alkanes) is 1. The molecule has 13 heteroatoms. The SMILES string of the molecule is COc1ccc2c(c1)N(CCCCS(=O)(=O)O)C(=Cc1sc3ccc4ccccc4c3[n+]1CCCS(=O)(=O)O)S2. The van der Waals surface area contributed by atoms with E-state index in [1.807, 2.05) is 36.4 Å². The smallest absolute Gasteiger partial charge is 0.265 e. The van der Waals surface area contributed by atoms with E-state index >= 15 is 0 Å². The molecule has 2 N–H and O–H groups in total. The van der Waals surface area contributed by atoms with E-state index in [1.165, 1.54) is 0 Å². The van der Waals surface area contributed by atoms with Crippen molar-refractivity contribution in [3.05, 3.63) is 64.6 Å². The van der Waals surface area contributed by atoms with Gasteiger partial charge >= 0.3 is 0 Å². The van der Waals surface area contributed by atoms with Crippen molar-refractivity contribution < 1.29 is 35.2 Å². The van der Waals surface area contributed by atoms with E-state index in [-0.39, 0.29) is 17.9 Å². The maximum atomic E-state index is 11.5. The number of thiazole rings is 1. The predicted octanol–water partition coefficient (Wildman–Crippen LogP) is 5.21. The monoisotopic (exact) mass is 621 g/mol. The lowest BCUT2D eigenvalue weighted by Crippen LogP contribution is -2.36. The van der Waals surface area contributed by atoms with Gasteiger partial charge in [0.15, 0.2) is 6.54 Å². The molecule has 2 heterocycles. The number of thioether (sulfide) groups is 1. The first-order valence-electron chi connectivity index (χ1n) is 12.6. The number of nitrogens with zero attached hydrogens (tertiary/aromatic N) is 2. The van der Waals surface area contributed by atoms with Gasteiger partial charge in [0.2, 0.25) is 5.52 Å². The molecular formula is C27H29N2O7S4+. The Morgan fingerprint density at radius 1 is 0.950 bits per heavy atom. The van der Waals surface area contributed by atoms with Gasteiger partial charge in [0.25, 0.3) is 25.2 Å². The van der Waals surface area contributed by atoms with Crippen LogP contribution in [0.5, 0.6) is 5.75 Å². The number of methoxy groups -OCH3 is 1. The van der Waals surface area contributed by atoms with Crippen LogP contribution in [-0.4, -0.2) is 51.1 Å². The van der Waals surface area contributed by atoms with E-state index in [9.17, 15) is 21.4 Å². The molecule has 0 bridgehead atoms. The van der Waals surface area contributed by atoms with Gasteiger partial charge in [-0.15, -0.1) is 0 Å². The van der Waals surface area contributed by atoms with Crippen molar-refractivity contribution >= 4 is 76.1 Å². The summed E-state index contributed by atoms with van der Waals surface area (Å²) >= 11 is 3.19. The van der Waals surface area contributed by atoms with Crippen LogP contribution in [0.25, 0.3) is 27.1 Å². The Balaban J connectivity index is 1.57. The highest BCUT2D eigenvalue weighted by Crippen LogP contribution is 2.48. The van der Waals surface area contributed by atoms with Crippen LogP contribution in [0.3, 0.4) is 0 Å². The molecule has 4 aromatic rings. The Hall–Kier alpha value is -2.68. The van der Waals surface area contributed by atoms with Crippen LogP contribution in [-0.2, 0) is 26.8 Å².